The number of benzene rings is 1. The largest absolute Gasteiger partial charge is 0.451 e. The number of nitrogens with zero attached hydrogens (tertiary/aromatic N) is 2. The Morgan fingerprint density at radius 3 is 2.46 bits per heavy atom. The van der Waals surface area contributed by atoms with Crippen LogP contribution in [0.1, 0.15) is 53.5 Å². The number of H-pyrrole nitrogens is 1. The summed E-state index contributed by atoms with van der Waals surface area (Å²) in [4.78, 5) is 36.1. The Bertz CT molecular complexity index is 1050. The van der Waals surface area contributed by atoms with Crippen LogP contribution in [0.2, 0.25) is 0 Å². The van der Waals surface area contributed by atoms with E-state index in [1.54, 1.807) is 19.1 Å². The number of rotatable bonds is 6. The average molecular weight is 400 g/mol. The van der Waals surface area contributed by atoms with Gasteiger partial charge in [0, 0.05) is 23.7 Å². The van der Waals surface area contributed by atoms with Crippen molar-refractivity contribution < 1.29 is 9.53 Å². The average Bonchev–Trinajstić information content (AvgIpc) is 2.97. The molecule has 0 radical (unpaired) electrons. The van der Waals surface area contributed by atoms with Crippen LogP contribution in [0, 0.1) is 13.8 Å². The number of carbonyl (C=O) groups excluding carboxylic acids is 1. The summed E-state index contributed by atoms with van der Waals surface area (Å²) in [5.41, 5.74) is 2.27. The minimum Gasteiger partial charge on any atom is -0.451 e. The van der Waals surface area contributed by atoms with Crippen molar-refractivity contribution in [2.24, 2.45) is 0 Å². The number of nitrogens with one attached hydrogen (secondary N) is 1. The van der Waals surface area contributed by atoms with Gasteiger partial charge in [0.15, 0.2) is 11.9 Å². The van der Waals surface area contributed by atoms with Gasteiger partial charge in [-0.2, -0.15) is 0 Å². The van der Waals surface area contributed by atoms with Gasteiger partial charge in [-0.05, 0) is 64.4 Å². The quantitative estimate of drug-likeness (QED) is 0.623. The third kappa shape index (κ3) is 3.80. The molecular formula is C21H25N3O3S. The fraction of sp³-hybridized carbons (Fsp3) is 0.381. The second-order valence-corrected chi connectivity index (χ2v) is 7.88. The van der Waals surface area contributed by atoms with E-state index in [1.807, 2.05) is 26.0 Å². The minimum absolute atomic E-state index is 0.201. The molecule has 2 heterocycles. The summed E-state index contributed by atoms with van der Waals surface area (Å²) in [6.45, 7) is 11.6. The maximum Gasteiger partial charge on any atom is 0.338 e. The van der Waals surface area contributed by atoms with Crippen LogP contribution in [0.4, 0.5) is 5.69 Å². The van der Waals surface area contributed by atoms with E-state index in [4.69, 9.17) is 4.74 Å². The first-order valence-electron chi connectivity index (χ1n) is 9.41. The zero-order chi connectivity index (χ0) is 20.4. The first-order valence-corrected chi connectivity index (χ1v) is 10.2. The lowest BCUT2D eigenvalue weighted by atomic mass is 10.2. The predicted molar refractivity (Wildman–Crippen MR) is 114 cm³/mol. The van der Waals surface area contributed by atoms with Gasteiger partial charge < -0.3 is 14.6 Å². The van der Waals surface area contributed by atoms with Gasteiger partial charge in [0.1, 0.15) is 4.83 Å². The van der Waals surface area contributed by atoms with Gasteiger partial charge >= 0.3 is 5.97 Å². The Hall–Kier alpha value is -2.67. The lowest BCUT2D eigenvalue weighted by Crippen LogP contribution is -2.21. The molecule has 0 unspecified atom stereocenters. The molecule has 1 N–H and O–H groups in total. The SMILES string of the molecule is CCN(CC)c1ccc(C(=O)O[C@@H](C)c2nc3sc(C)c(C)c3c(=O)[nH]2)cc1. The first kappa shape index (κ1) is 20.1. The van der Waals surface area contributed by atoms with Crippen LogP contribution in [0.3, 0.4) is 0 Å². The molecule has 3 aromatic rings. The second kappa shape index (κ2) is 8.14. The van der Waals surface area contributed by atoms with E-state index in [9.17, 15) is 9.59 Å². The van der Waals surface area contributed by atoms with Crippen molar-refractivity contribution in [1.82, 2.24) is 9.97 Å². The van der Waals surface area contributed by atoms with Crippen LogP contribution in [0.15, 0.2) is 29.1 Å². The highest BCUT2D eigenvalue weighted by Crippen LogP contribution is 2.27. The number of thiophene rings is 1. The van der Waals surface area contributed by atoms with Crippen molar-refractivity contribution in [2.45, 2.75) is 40.7 Å². The number of anilines is 1. The number of ether oxygens (including phenoxy) is 1. The van der Waals surface area contributed by atoms with Gasteiger partial charge in [0.25, 0.3) is 5.56 Å². The fourth-order valence-electron chi connectivity index (χ4n) is 3.15. The molecule has 3 rings (SSSR count). The molecule has 0 aliphatic heterocycles. The summed E-state index contributed by atoms with van der Waals surface area (Å²) in [7, 11) is 0. The van der Waals surface area contributed by atoms with Crippen molar-refractivity contribution in [3.05, 3.63) is 56.4 Å². The number of aromatic nitrogens is 2. The number of hydrogen-bond donors (Lipinski definition) is 1. The number of hydrogen-bond acceptors (Lipinski definition) is 6. The third-order valence-corrected chi connectivity index (χ3v) is 6.06. The van der Waals surface area contributed by atoms with E-state index >= 15 is 0 Å². The van der Waals surface area contributed by atoms with Crippen LogP contribution in [-0.4, -0.2) is 29.0 Å². The lowest BCUT2D eigenvalue weighted by Gasteiger charge is -2.21. The molecule has 0 amide bonds. The van der Waals surface area contributed by atoms with E-state index in [2.05, 4.69) is 28.7 Å². The lowest BCUT2D eigenvalue weighted by molar-refractivity contribution is 0.0320. The number of esters is 1. The summed E-state index contributed by atoms with van der Waals surface area (Å²) in [5.74, 6) is -0.0910. The summed E-state index contributed by atoms with van der Waals surface area (Å²) in [6, 6.07) is 7.34. The molecule has 6 nitrogen and oxygen atoms in total. The van der Waals surface area contributed by atoms with Crippen LogP contribution in [-0.2, 0) is 4.74 Å². The van der Waals surface area contributed by atoms with Gasteiger partial charge in [-0.1, -0.05) is 0 Å². The van der Waals surface area contributed by atoms with Crippen molar-refractivity contribution >= 4 is 33.2 Å². The highest BCUT2D eigenvalue weighted by atomic mass is 32.1. The molecule has 1 atom stereocenters. The van der Waals surface area contributed by atoms with Crippen LogP contribution >= 0.6 is 11.3 Å². The van der Waals surface area contributed by atoms with Gasteiger partial charge in [-0.15, -0.1) is 11.3 Å². The number of carbonyl (C=O) groups is 1. The van der Waals surface area contributed by atoms with Crippen LogP contribution in [0.25, 0.3) is 10.2 Å². The number of aryl methyl sites for hydroxylation is 2. The Morgan fingerprint density at radius 2 is 1.86 bits per heavy atom. The predicted octanol–water partition coefficient (Wildman–Crippen LogP) is 4.37. The first-order chi connectivity index (χ1) is 13.3. The molecule has 0 fully saturated rings. The summed E-state index contributed by atoms with van der Waals surface area (Å²) < 4.78 is 5.54. The molecule has 28 heavy (non-hydrogen) atoms. The molecule has 0 bridgehead atoms. The molecule has 7 heteroatoms. The maximum atomic E-state index is 12.5. The fourth-order valence-corrected chi connectivity index (χ4v) is 4.18. The summed E-state index contributed by atoms with van der Waals surface area (Å²) >= 11 is 1.47. The smallest absolute Gasteiger partial charge is 0.338 e. The summed E-state index contributed by atoms with van der Waals surface area (Å²) in [5, 5.41) is 0.608. The second-order valence-electron chi connectivity index (χ2n) is 6.68. The highest BCUT2D eigenvalue weighted by molar-refractivity contribution is 7.18. The van der Waals surface area contributed by atoms with E-state index < -0.39 is 12.1 Å². The molecule has 0 spiro atoms. The molecule has 0 saturated heterocycles. The van der Waals surface area contributed by atoms with Gasteiger partial charge in [0.05, 0.1) is 10.9 Å². The highest BCUT2D eigenvalue weighted by Gasteiger charge is 2.19. The molecule has 148 valence electrons. The normalized spacial score (nSPS) is 12.2. The minimum atomic E-state index is -0.658. The van der Waals surface area contributed by atoms with Gasteiger partial charge in [-0.3, -0.25) is 4.79 Å². The molecule has 0 aliphatic rings. The molecule has 1 aromatic carbocycles. The van der Waals surface area contributed by atoms with E-state index in [1.165, 1.54) is 11.3 Å². The zero-order valence-electron chi connectivity index (χ0n) is 16.8. The Labute approximate surface area is 168 Å². The topological polar surface area (TPSA) is 75.3 Å². The zero-order valence-corrected chi connectivity index (χ0v) is 17.6. The van der Waals surface area contributed by atoms with Crippen molar-refractivity contribution in [1.29, 1.82) is 0 Å². The maximum absolute atomic E-state index is 12.5. The monoisotopic (exact) mass is 399 g/mol. The van der Waals surface area contributed by atoms with E-state index in [-0.39, 0.29) is 5.56 Å². The molecular weight excluding hydrogens is 374 g/mol. The van der Waals surface area contributed by atoms with Crippen LogP contribution < -0.4 is 10.5 Å². The van der Waals surface area contributed by atoms with E-state index in [0.29, 0.717) is 21.6 Å². The Morgan fingerprint density at radius 1 is 1.21 bits per heavy atom. The van der Waals surface area contributed by atoms with Crippen molar-refractivity contribution in [2.75, 3.05) is 18.0 Å². The molecule has 2 aromatic heterocycles. The van der Waals surface area contributed by atoms with Crippen molar-refractivity contribution in [3.8, 4) is 0 Å². The van der Waals surface area contributed by atoms with Crippen molar-refractivity contribution in [3.63, 3.8) is 0 Å². The Kier molecular flexibility index (Phi) is 5.84. The molecule has 0 aliphatic carbocycles. The molecule has 0 saturated carbocycles. The number of aromatic amines is 1. The Balaban J connectivity index is 1.79. The third-order valence-electron chi connectivity index (χ3n) is 4.96. The standard InChI is InChI=1S/C21H25N3O3S/c1-6-24(7-2)16-10-8-15(9-11-16)21(26)27-13(4)18-22-19(25)17-12(3)14(5)28-20(17)23-18/h8-11,13H,6-7H2,1-5H3,(H,22,23,25)/t13-/m0/s1. The summed E-state index contributed by atoms with van der Waals surface area (Å²) in [6.07, 6.45) is -0.658. The van der Waals surface area contributed by atoms with E-state index in [0.717, 1.165) is 29.2 Å². The van der Waals surface area contributed by atoms with Crippen LogP contribution in [0.5, 0.6) is 0 Å². The van der Waals surface area contributed by atoms with Gasteiger partial charge in [-0.25, -0.2) is 9.78 Å². The number of fused-ring (bicyclic) bond motifs is 1. The van der Waals surface area contributed by atoms with Gasteiger partial charge in [0.2, 0.25) is 0 Å².